The van der Waals surface area contributed by atoms with Crippen LogP contribution in [0.4, 0.5) is 10.5 Å². The zero-order chi connectivity index (χ0) is 20.3. The summed E-state index contributed by atoms with van der Waals surface area (Å²) in [6.07, 6.45) is 0.796. The SMILES string of the molecule is CC[C@@H](C)NC(=O)Nc1c(C(=O)OC)sc2nc(-c3ccccc3)nc(C)c12. The van der Waals surface area contributed by atoms with Gasteiger partial charge in [0.1, 0.15) is 9.71 Å². The zero-order valence-corrected chi connectivity index (χ0v) is 17.0. The van der Waals surface area contributed by atoms with Crippen molar-refractivity contribution in [3.05, 3.63) is 40.9 Å². The molecule has 8 heteroatoms. The van der Waals surface area contributed by atoms with Crippen LogP contribution in [0.5, 0.6) is 0 Å². The van der Waals surface area contributed by atoms with Gasteiger partial charge in [0.05, 0.1) is 23.9 Å². The third kappa shape index (κ3) is 3.96. The average Bonchev–Trinajstić information content (AvgIpc) is 3.06. The molecule has 1 atom stereocenters. The van der Waals surface area contributed by atoms with E-state index < -0.39 is 5.97 Å². The number of carbonyl (C=O) groups is 2. The molecule has 2 heterocycles. The smallest absolute Gasteiger partial charge is 0.350 e. The van der Waals surface area contributed by atoms with Gasteiger partial charge < -0.3 is 15.4 Å². The van der Waals surface area contributed by atoms with Gasteiger partial charge in [0.25, 0.3) is 0 Å². The highest BCUT2D eigenvalue weighted by Gasteiger charge is 2.24. The van der Waals surface area contributed by atoms with Gasteiger partial charge in [-0.3, -0.25) is 0 Å². The monoisotopic (exact) mass is 398 g/mol. The van der Waals surface area contributed by atoms with Crippen molar-refractivity contribution < 1.29 is 14.3 Å². The number of hydrogen-bond donors (Lipinski definition) is 2. The van der Waals surface area contributed by atoms with Crippen LogP contribution >= 0.6 is 11.3 Å². The molecule has 2 N–H and O–H groups in total. The molecule has 0 radical (unpaired) electrons. The predicted octanol–water partition coefficient (Wildman–Crippen LogP) is 4.37. The lowest BCUT2D eigenvalue weighted by Gasteiger charge is -2.13. The predicted molar refractivity (Wildman–Crippen MR) is 111 cm³/mol. The van der Waals surface area contributed by atoms with E-state index in [0.717, 1.165) is 12.0 Å². The number of nitrogens with zero attached hydrogens (tertiary/aromatic N) is 2. The summed E-state index contributed by atoms with van der Waals surface area (Å²) in [7, 11) is 1.31. The second-order valence-electron chi connectivity index (χ2n) is 6.38. The lowest BCUT2D eigenvalue weighted by Crippen LogP contribution is -2.35. The van der Waals surface area contributed by atoms with Crippen LogP contribution in [0.3, 0.4) is 0 Å². The van der Waals surface area contributed by atoms with E-state index in [1.165, 1.54) is 18.4 Å². The number of fused-ring (bicyclic) bond motifs is 1. The number of rotatable bonds is 5. The topological polar surface area (TPSA) is 93.2 Å². The van der Waals surface area contributed by atoms with Gasteiger partial charge in [-0.05, 0) is 20.3 Å². The molecule has 0 aliphatic carbocycles. The molecule has 146 valence electrons. The first-order chi connectivity index (χ1) is 13.4. The van der Waals surface area contributed by atoms with Crippen LogP contribution in [0, 0.1) is 6.92 Å². The highest BCUT2D eigenvalue weighted by Crippen LogP contribution is 2.37. The maximum Gasteiger partial charge on any atom is 0.350 e. The summed E-state index contributed by atoms with van der Waals surface area (Å²) >= 11 is 1.18. The second-order valence-corrected chi connectivity index (χ2v) is 7.38. The quantitative estimate of drug-likeness (QED) is 0.623. The summed E-state index contributed by atoms with van der Waals surface area (Å²) in [5.74, 6) is 0.0429. The van der Waals surface area contributed by atoms with Crippen LogP contribution in [-0.4, -0.2) is 35.1 Å². The molecule has 0 saturated heterocycles. The van der Waals surface area contributed by atoms with E-state index in [-0.39, 0.29) is 12.1 Å². The Kier molecular flexibility index (Phi) is 5.89. The number of aryl methyl sites for hydroxylation is 1. The van der Waals surface area contributed by atoms with Crippen LogP contribution in [-0.2, 0) is 4.74 Å². The standard InChI is InChI=1S/C20H22N4O3S/c1-5-11(2)21-20(26)23-15-14-12(3)22-17(13-9-7-6-8-10-13)24-18(14)28-16(15)19(25)27-4/h6-11H,5H2,1-4H3,(H2,21,23,26)/t11-/m1/s1. The van der Waals surface area contributed by atoms with E-state index in [0.29, 0.717) is 32.3 Å². The third-order valence-electron chi connectivity index (χ3n) is 4.36. The number of anilines is 1. The lowest BCUT2D eigenvalue weighted by molar-refractivity contribution is 0.0607. The summed E-state index contributed by atoms with van der Waals surface area (Å²) in [4.78, 5) is 34.8. The molecule has 0 aliphatic heterocycles. The Labute approximate surface area is 167 Å². The highest BCUT2D eigenvalue weighted by molar-refractivity contribution is 7.21. The van der Waals surface area contributed by atoms with Gasteiger partial charge in [-0.15, -0.1) is 11.3 Å². The number of aromatic nitrogens is 2. The number of esters is 1. The minimum absolute atomic E-state index is 0.00788. The van der Waals surface area contributed by atoms with Gasteiger partial charge in [0.15, 0.2) is 5.82 Å². The van der Waals surface area contributed by atoms with Crippen LogP contribution in [0.1, 0.15) is 35.6 Å². The zero-order valence-electron chi connectivity index (χ0n) is 16.2. The molecular weight excluding hydrogens is 376 g/mol. The van der Waals surface area contributed by atoms with Crippen molar-refractivity contribution >= 4 is 39.2 Å². The number of carbonyl (C=O) groups excluding carboxylic acids is 2. The Hall–Kier alpha value is -3.00. The molecule has 0 unspecified atom stereocenters. The average molecular weight is 398 g/mol. The number of benzene rings is 1. The van der Waals surface area contributed by atoms with Gasteiger partial charge in [-0.2, -0.15) is 0 Å². The van der Waals surface area contributed by atoms with E-state index >= 15 is 0 Å². The minimum atomic E-state index is -0.525. The summed E-state index contributed by atoms with van der Waals surface area (Å²) in [6.45, 7) is 5.73. The molecule has 28 heavy (non-hydrogen) atoms. The van der Waals surface area contributed by atoms with E-state index in [9.17, 15) is 9.59 Å². The molecule has 0 aliphatic rings. The third-order valence-corrected chi connectivity index (χ3v) is 5.43. The molecule has 0 fully saturated rings. The number of urea groups is 1. The summed E-state index contributed by atoms with van der Waals surface area (Å²) < 4.78 is 4.90. The minimum Gasteiger partial charge on any atom is -0.465 e. The first-order valence-corrected chi connectivity index (χ1v) is 9.78. The normalized spacial score (nSPS) is 11.9. The molecule has 2 aromatic heterocycles. The van der Waals surface area contributed by atoms with Crippen molar-refractivity contribution in [2.75, 3.05) is 12.4 Å². The fraction of sp³-hybridized carbons (Fsp3) is 0.300. The molecule has 7 nitrogen and oxygen atoms in total. The van der Waals surface area contributed by atoms with Crippen molar-refractivity contribution in [1.82, 2.24) is 15.3 Å². The number of amides is 2. The van der Waals surface area contributed by atoms with E-state index in [1.54, 1.807) is 0 Å². The van der Waals surface area contributed by atoms with Crippen LogP contribution in [0.2, 0.25) is 0 Å². The summed E-state index contributed by atoms with van der Waals surface area (Å²) in [6, 6.07) is 9.23. The Morgan fingerprint density at radius 3 is 2.57 bits per heavy atom. The molecule has 1 aromatic carbocycles. The first-order valence-electron chi connectivity index (χ1n) is 8.97. The number of nitrogens with one attached hydrogen (secondary N) is 2. The van der Waals surface area contributed by atoms with Gasteiger partial charge in [0.2, 0.25) is 0 Å². The van der Waals surface area contributed by atoms with Crippen molar-refractivity contribution in [2.24, 2.45) is 0 Å². The van der Waals surface area contributed by atoms with Crippen molar-refractivity contribution in [3.63, 3.8) is 0 Å². The summed E-state index contributed by atoms with van der Waals surface area (Å²) in [5.41, 5.74) is 1.93. The number of thiophene rings is 1. The van der Waals surface area contributed by atoms with Crippen molar-refractivity contribution in [2.45, 2.75) is 33.2 Å². The van der Waals surface area contributed by atoms with Crippen LogP contribution < -0.4 is 10.6 Å². The molecule has 2 amide bonds. The Balaban J connectivity index is 2.10. The number of ether oxygens (including phenoxy) is 1. The first kappa shape index (κ1) is 19.8. The largest absolute Gasteiger partial charge is 0.465 e. The van der Waals surface area contributed by atoms with E-state index in [4.69, 9.17) is 4.74 Å². The Morgan fingerprint density at radius 2 is 1.93 bits per heavy atom. The fourth-order valence-corrected chi connectivity index (χ4v) is 3.82. The summed E-state index contributed by atoms with van der Waals surface area (Å²) in [5, 5.41) is 6.27. The maximum atomic E-state index is 12.4. The Bertz CT molecular complexity index is 1020. The fourth-order valence-electron chi connectivity index (χ4n) is 2.72. The van der Waals surface area contributed by atoms with Gasteiger partial charge in [-0.25, -0.2) is 19.6 Å². The van der Waals surface area contributed by atoms with Gasteiger partial charge >= 0.3 is 12.0 Å². The van der Waals surface area contributed by atoms with Gasteiger partial charge in [0, 0.05) is 11.6 Å². The molecule has 0 saturated carbocycles. The second kappa shape index (κ2) is 8.35. The van der Waals surface area contributed by atoms with Crippen molar-refractivity contribution in [3.8, 4) is 11.4 Å². The van der Waals surface area contributed by atoms with E-state index in [1.807, 2.05) is 51.1 Å². The maximum absolute atomic E-state index is 12.4. The van der Waals surface area contributed by atoms with Crippen LogP contribution in [0.15, 0.2) is 30.3 Å². The number of hydrogen-bond acceptors (Lipinski definition) is 6. The molecule has 3 rings (SSSR count). The molecular formula is C20H22N4O3S. The highest BCUT2D eigenvalue weighted by atomic mass is 32.1. The number of methoxy groups -OCH3 is 1. The van der Waals surface area contributed by atoms with E-state index in [2.05, 4.69) is 20.6 Å². The Morgan fingerprint density at radius 1 is 1.21 bits per heavy atom. The lowest BCUT2D eigenvalue weighted by atomic mass is 10.2. The van der Waals surface area contributed by atoms with Crippen molar-refractivity contribution in [1.29, 1.82) is 0 Å². The molecule has 0 bridgehead atoms. The van der Waals surface area contributed by atoms with Crippen LogP contribution in [0.25, 0.3) is 21.6 Å². The molecule has 3 aromatic rings. The molecule has 0 spiro atoms. The van der Waals surface area contributed by atoms with Gasteiger partial charge in [-0.1, -0.05) is 37.3 Å².